The summed E-state index contributed by atoms with van der Waals surface area (Å²) in [5.74, 6) is 1.25. The van der Waals surface area contributed by atoms with Crippen molar-refractivity contribution in [2.45, 2.75) is 32.4 Å². The monoisotopic (exact) mass is 241 g/mol. The quantitative estimate of drug-likeness (QED) is 0.895. The highest BCUT2D eigenvalue weighted by Gasteiger charge is 2.12. The molecule has 1 N–H and O–H groups in total. The van der Waals surface area contributed by atoms with E-state index in [1.807, 2.05) is 7.05 Å². The van der Waals surface area contributed by atoms with Gasteiger partial charge in [0.05, 0.1) is 5.69 Å². The molecular formula is C15H19N3. The molecule has 0 radical (unpaired) electrons. The number of nitrogens with zero attached hydrogens (tertiary/aromatic N) is 2. The van der Waals surface area contributed by atoms with Crippen molar-refractivity contribution in [1.29, 1.82) is 0 Å². The average molecular weight is 241 g/mol. The summed E-state index contributed by atoms with van der Waals surface area (Å²) in [6, 6.07) is 8.68. The van der Waals surface area contributed by atoms with Gasteiger partial charge in [0, 0.05) is 31.3 Å². The standard InChI is InChI=1S/C15H19N3/c1-16-10-12-5-7-13(8-6-12)14-11-18-9-3-2-4-15(18)17-14/h5-8,11,16H,2-4,9-10H2,1H3. The van der Waals surface area contributed by atoms with Crippen LogP contribution in [-0.4, -0.2) is 16.6 Å². The van der Waals surface area contributed by atoms with E-state index in [0.717, 1.165) is 25.2 Å². The van der Waals surface area contributed by atoms with Gasteiger partial charge in [0.25, 0.3) is 0 Å². The summed E-state index contributed by atoms with van der Waals surface area (Å²) in [7, 11) is 1.97. The van der Waals surface area contributed by atoms with Crippen molar-refractivity contribution in [3.05, 3.63) is 41.9 Å². The lowest BCUT2D eigenvalue weighted by Crippen LogP contribution is -2.08. The SMILES string of the molecule is CNCc1ccc(-c2cn3c(n2)CCCC3)cc1. The highest BCUT2D eigenvalue weighted by atomic mass is 15.1. The van der Waals surface area contributed by atoms with Crippen LogP contribution in [0.3, 0.4) is 0 Å². The first-order valence-corrected chi connectivity index (χ1v) is 6.67. The normalized spacial score (nSPS) is 14.5. The van der Waals surface area contributed by atoms with E-state index in [2.05, 4.69) is 40.3 Å². The predicted octanol–water partition coefficient (Wildman–Crippen LogP) is 2.61. The zero-order valence-electron chi connectivity index (χ0n) is 10.8. The fourth-order valence-corrected chi connectivity index (χ4v) is 2.55. The van der Waals surface area contributed by atoms with Gasteiger partial charge in [-0.3, -0.25) is 0 Å². The number of imidazole rings is 1. The van der Waals surface area contributed by atoms with Gasteiger partial charge in [-0.2, -0.15) is 0 Å². The first kappa shape index (κ1) is 11.5. The highest BCUT2D eigenvalue weighted by molar-refractivity contribution is 5.59. The minimum absolute atomic E-state index is 0.917. The molecule has 3 rings (SSSR count). The Balaban J connectivity index is 1.87. The molecule has 18 heavy (non-hydrogen) atoms. The number of nitrogens with one attached hydrogen (secondary N) is 1. The lowest BCUT2D eigenvalue weighted by atomic mass is 10.1. The number of rotatable bonds is 3. The number of fused-ring (bicyclic) bond motifs is 1. The van der Waals surface area contributed by atoms with E-state index in [9.17, 15) is 0 Å². The molecule has 0 spiro atoms. The summed E-state index contributed by atoms with van der Waals surface area (Å²) in [4.78, 5) is 4.74. The molecule has 1 aromatic heterocycles. The van der Waals surface area contributed by atoms with Gasteiger partial charge in [0.1, 0.15) is 5.82 Å². The van der Waals surface area contributed by atoms with E-state index in [4.69, 9.17) is 4.98 Å². The zero-order valence-corrected chi connectivity index (χ0v) is 10.8. The Morgan fingerprint density at radius 2 is 2.06 bits per heavy atom. The summed E-state index contributed by atoms with van der Waals surface area (Å²) in [6.45, 7) is 2.04. The maximum atomic E-state index is 4.74. The molecule has 3 heteroatoms. The molecule has 0 amide bonds. The second-order valence-corrected chi connectivity index (χ2v) is 4.92. The van der Waals surface area contributed by atoms with Gasteiger partial charge in [-0.1, -0.05) is 24.3 Å². The number of aromatic nitrogens is 2. The molecule has 0 fully saturated rings. The van der Waals surface area contributed by atoms with Crippen LogP contribution in [0.4, 0.5) is 0 Å². The maximum Gasteiger partial charge on any atom is 0.109 e. The Morgan fingerprint density at radius 1 is 1.22 bits per heavy atom. The van der Waals surface area contributed by atoms with Crippen molar-refractivity contribution in [2.75, 3.05) is 7.05 Å². The largest absolute Gasteiger partial charge is 0.334 e. The molecule has 0 aliphatic carbocycles. The third kappa shape index (κ3) is 2.18. The van der Waals surface area contributed by atoms with Crippen LogP contribution in [-0.2, 0) is 19.5 Å². The second-order valence-electron chi connectivity index (χ2n) is 4.92. The molecule has 1 aliphatic heterocycles. The first-order valence-electron chi connectivity index (χ1n) is 6.67. The lowest BCUT2D eigenvalue weighted by molar-refractivity contribution is 0.522. The van der Waals surface area contributed by atoms with E-state index < -0.39 is 0 Å². The van der Waals surface area contributed by atoms with Gasteiger partial charge in [-0.15, -0.1) is 0 Å². The van der Waals surface area contributed by atoms with E-state index in [0.29, 0.717) is 0 Å². The molecule has 0 bridgehead atoms. The summed E-state index contributed by atoms with van der Waals surface area (Å²) < 4.78 is 2.31. The number of hydrogen-bond donors (Lipinski definition) is 1. The molecule has 0 saturated carbocycles. The predicted molar refractivity (Wildman–Crippen MR) is 73.4 cm³/mol. The van der Waals surface area contributed by atoms with E-state index in [1.54, 1.807) is 0 Å². The molecule has 0 saturated heterocycles. The van der Waals surface area contributed by atoms with Crippen molar-refractivity contribution >= 4 is 0 Å². The molecule has 0 atom stereocenters. The van der Waals surface area contributed by atoms with Crippen molar-refractivity contribution in [3.63, 3.8) is 0 Å². The Hall–Kier alpha value is -1.61. The smallest absolute Gasteiger partial charge is 0.109 e. The zero-order chi connectivity index (χ0) is 12.4. The summed E-state index contributed by atoms with van der Waals surface area (Å²) in [5.41, 5.74) is 3.64. The Morgan fingerprint density at radius 3 is 2.78 bits per heavy atom. The Labute approximate surface area is 108 Å². The molecule has 2 aromatic rings. The topological polar surface area (TPSA) is 29.9 Å². The first-order chi connectivity index (χ1) is 8.86. The summed E-state index contributed by atoms with van der Waals surface area (Å²) in [5, 5.41) is 3.16. The van der Waals surface area contributed by atoms with Gasteiger partial charge in [0.15, 0.2) is 0 Å². The van der Waals surface area contributed by atoms with Gasteiger partial charge in [-0.05, 0) is 25.5 Å². The van der Waals surface area contributed by atoms with Crippen LogP contribution in [0.2, 0.25) is 0 Å². The van der Waals surface area contributed by atoms with Gasteiger partial charge < -0.3 is 9.88 Å². The molecule has 94 valence electrons. The summed E-state index contributed by atoms with van der Waals surface area (Å²) in [6.07, 6.45) is 5.88. The molecular weight excluding hydrogens is 222 g/mol. The van der Waals surface area contributed by atoms with Crippen molar-refractivity contribution < 1.29 is 0 Å². The number of hydrogen-bond acceptors (Lipinski definition) is 2. The third-order valence-corrected chi connectivity index (χ3v) is 3.54. The van der Waals surface area contributed by atoms with Crippen LogP contribution in [0.1, 0.15) is 24.2 Å². The van der Waals surface area contributed by atoms with E-state index >= 15 is 0 Å². The Bertz CT molecular complexity index is 502. The minimum Gasteiger partial charge on any atom is -0.334 e. The molecule has 2 heterocycles. The summed E-state index contributed by atoms with van der Waals surface area (Å²) >= 11 is 0. The van der Waals surface area contributed by atoms with Crippen LogP contribution in [0.25, 0.3) is 11.3 Å². The lowest BCUT2D eigenvalue weighted by Gasteiger charge is -2.11. The van der Waals surface area contributed by atoms with Crippen LogP contribution in [0.15, 0.2) is 30.5 Å². The number of aryl methyl sites for hydroxylation is 2. The van der Waals surface area contributed by atoms with Crippen LogP contribution in [0, 0.1) is 0 Å². The average Bonchev–Trinajstić information content (AvgIpc) is 2.84. The number of benzene rings is 1. The second kappa shape index (κ2) is 4.94. The third-order valence-electron chi connectivity index (χ3n) is 3.54. The van der Waals surface area contributed by atoms with Crippen LogP contribution in [0.5, 0.6) is 0 Å². The Kier molecular flexibility index (Phi) is 3.15. The van der Waals surface area contributed by atoms with Gasteiger partial charge in [0.2, 0.25) is 0 Å². The maximum absolute atomic E-state index is 4.74. The minimum atomic E-state index is 0.917. The molecule has 1 aliphatic rings. The van der Waals surface area contributed by atoms with Crippen LogP contribution >= 0.6 is 0 Å². The molecule has 1 aromatic carbocycles. The highest BCUT2D eigenvalue weighted by Crippen LogP contribution is 2.22. The fourth-order valence-electron chi connectivity index (χ4n) is 2.55. The van der Waals surface area contributed by atoms with Crippen molar-refractivity contribution in [3.8, 4) is 11.3 Å². The van der Waals surface area contributed by atoms with Crippen molar-refractivity contribution in [1.82, 2.24) is 14.9 Å². The fraction of sp³-hybridized carbons (Fsp3) is 0.400. The van der Waals surface area contributed by atoms with E-state index in [1.165, 1.54) is 29.8 Å². The van der Waals surface area contributed by atoms with Crippen molar-refractivity contribution in [2.24, 2.45) is 0 Å². The van der Waals surface area contributed by atoms with Crippen LogP contribution < -0.4 is 5.32 Å². The van der Waals surface area contributed by atoms with E-state index in [-0.39, 0.29) is 0 Å². The molecule has 3 nitrogen and oxygen atoms in total. The van der Waals surface area contributed by atoms with Gasteiger partial charge >= 0.3 is 0 Å². The molecule has 0 unspecified atom stereocenters. The van der Waals surface area contributed by atoms with Gasteiger partial charge in [-0.25, -0.2) is 4.98 Å².